The van der Waals surface area contributed by atoms with Gasteiger partial charge in [-0.05, 0) is 31.0 Å². The molecule has 0 fully saturated rings. The molecule has 0 radical (unpaired) electrons. The molecule has 0 aliphatic heterocycles. The van der Waals surface area contributed by atoms with Crippen molar-refractivity contribution in [2.24, 2.45) is 0 Å². The van der Waals surface area contributed by atoms with Gasteiger partial charge in [0.25, 0.3) is 5.56 Å². The lowest BCUT2D eigenvalue weighted by Crippen LogP contribution is -2.28. The molecule has 30 heavy (non-hydrogen) atoms. The maximum absolute atomic E-state index is 12.4. The maximum atomic E-state index is 12.4. The molecule has 0 aliphatic rings. The number of nitrogens with one attached hydrogen (secondary N) is 2. The normalized spacial score (nSPS) is 11.7. The van der Waals surface area contributed by atoms with E-state index in [4.69, 9.17) is 4.74 Å². The quantitative estimate of drug-likeness (QED) is 0.567. The van der Waals surface area contributed by atoms with E-state index >= 15 is 0 Å². The molecule has 0 aliphatic carbocycles. The third-order valence-corrected chi connectivity index (χ3v) is 4.61. The SMILES string of the molecule is CCCOc1cccc(-c2nnc(CCC(=O)N[C@H](C)c3ccccc3)c(=O)[nH]2)c1. The van der Waals surface area contributed by atoms with E-state index in [2.05, 4.69) is 20.5 Å². The lowest BCUT2D eigenvalue weighted by molar-refractivity contribution is -0.121. The molecule has 0 saturated carbocycles. The number of hydrogen-bond acceptors (Lipinski definition) is 5. The zero-order chi connectivity index (χ0) is 21.3. The van der Waals surface area contributed by atoms with Gasteiger partial charge in [-0.1, -0.05) is 49.4 Å². The Labute approximate surface area is 175 Å². The van der Waals surface area contributed by atoms with Crippen LogP contribution < -0.4 is 15.6 Å². The van der Waals surface area contributed by atoms with Crippen LogP contribution in [0.25, 0.3) is 11.4 Å². The minimum atomic E-state index is -0.344. The Morgan fingerprint density at radius 2 is 1.93 bits per heavy atom. The Morgan fingerprint density at radius 3 is 2.67 bits per heavy atom. The van der Waals surface area contributed by atoms with Gasteiger partial charge in [-0.15, -0.1) is 10.2 Å². The summed E-state index contributed by atoms with van der Waals surface area (Å²) < 4.78 is 5.62. The highest BCUT2D eigenvalue weighted by Crippen LogP contribution is 2.20. The number of aryl methyl sites for hydroxylation is 1. The molecule has 2 N–H and O–H groups in total. The predicted molar refractivity (Wildman–Crippen MR) is 115 cm³/mol. The number of amides is 1. The van der Waals surface area contributed by atoms with Gasteiger partial charge in [0.1, 0.15) is 11.4 Å². The van der Waals surface area contributed by atoms with E-state index in [9.17, 15) is 9.59 Å². The first-order valence-corrected chi connectivity index (χ1v) is 10.1. The highest BCUT2D eigenvalue weighted by Gasteiger charge is 2.12. The Hall–Kier alpha value is -3.48. The zero-order valence-electron chi connectivity index (χ0n) is 17.2. The first-order chi connectivity index (χ1) is 14.6. The van der Waals surface area contributed by atoms with Gasteiger partial charge < -0.3 is 15.0 Å². The van der Waals surface area contributed by atoms with Gasteiger partial charge >= 0.3 is 0 Å². The van der Waals surface area contributed by atoms with Crippen molar-refractivity contribution in [3.63, 3.8) is 0 Å². The molecule has 1 aromatic heterocycles. The van der Waals surface area contributed by atoms with Crippen molar-refractivity contribution in [3.05, 3.63) is 76.2 Å². The number of carbonyl (C=O) groups is 1. The number of hydrogen-bond donors (Lipinski definition) is 2. The third kappa shape index (κ3) is 5.76. The lowest BCUT2D eigenvalue weighted by atomic mass is 10.1. The fourth-order valence-electron chi connectivity index (χ4n) is 2.98. The van der Waals surface area contributed by atoms with E-state index in [1.54, 1.807) is 0 Å². The summed E-state index contributed by atoms with van der Waals surface area (Å²) >= 11 is 0. The second kappa shape index (κ2) is 10.3. The van der Waals surface area contributed by atoms with Crippen LogP contribution in [0.5, 0.6) is 5.75 Å². The minimum Gasteiger partial charge on any atom is -0.494 e. The van der Waals surface area contributed by atoms with Crippen LogP contribution in [0.3, 0.4) is 0 Å². The molecule has 0 unspecified atom stereocenters. The summed E-state index contributed by atoms with van der Waals surface area (Å²) in [6.07, 6.45) is 1.29. The average Bonchev–Trinajstić information content (AvgIpc) is 2.77. The van der Waals surface area contributed by atoms with Crippen molar-refractivity contribution >= 4 is 5.91 Å². The number of rotatable bonds is 9. The van der Waals surface area contributed by atoms with Crippen LogP contribution in [-0.4, -0.2) is 27.7 Å². The number of aromatic amines is 1. The molecule has 7 heteroatoms. The van der Waals surface area contributed by atoms with Crippen LogP contribution in [0.15, 0.2) is 59.4 Å². The molecule has 1 amide bonds. The maximum Gasteiger partial charge on any atom is 0.273 e. The number of H-pyrrole nitrogens is 1. The van der Waals surface area contributed by atoms with Crippen LogP contribution >= 0.6 is 0 Å². The van der Waals surface area contributed by atoms with E-state index < -0.39 is 0 Å². The van der Waals surface area contributed by atoms with Crippen molar-refractivity contribution in [2.75, 3.05) is 6.61 Å². The van der Waals surface area contributed by atoms with Crippen molar-refractivity contribution in [2.45, 2.75) is 39.2 Å². The topological polar surface area (TPSA) is 97.0 Å². The lowest BCUT2D eigenvalue weighted by Gasteiger charge is -2.14. The van der Waals surface area contributed by atoms with Gasteiger partial charge in [-0.2, -0.15) is 0 Å². The van der Waals surface area contributed by atoms with Gasteiger partial charge in [-0.3, -0.25) is 9.59 Å². The monoisotopic (exact) mass is 406 g/mol. The van der Waals surface area contributed by atoms with Crippen molar-refractivity contribution < 1.29 is 9.53 Å². The molecule has 0 bridgehead atoms. The number of aromatic nitrogens is 3. The molecule has 0 saturated heterocycles. The molecule has 2 aromatic carbocycles. The van der Waals surface area contributed by atoms with Crippen LogP contribution in [-0.2, 0) is 11.2 Å². The molecule has 1 atom stereocenters. The molecule has 3 rings (SSSR count). The van der Waals surface area contributed by atoms with Gasteiger partial charge in [0, 0.05) is 18.4 Å². The largest absolute Gasteiger partial charge is 0.494 e. The molecule has 156 valence electrons. The smallest absolute Gasteiger partial charge is 0.273 e. The number of carbonyl (C=O) groups excluding carboxylic acids is 1. The van der Waals surface area contributed by atoms with Gasteiger partial charge in [0.15, 0.2) is 5.82 Å². The van der Waals surface area contributed by atoms with E-state index in [0.717, 1.165) is 12.0 Å². The molecular weight excluding hydrogens is 380 g/mol. The Kier molecular flexibility index (Phi) is 7.32. The van der Waals surface area contributed by atoms with E-state index in [0.29, 0.717) is 23.7 Å². The van der Waals surface area contributed by atoms with Crippen LogP contribution in [0, 0.1) is 0 Å². The number of nitrogens with zero attached hydrogens (tertiary/aromatic N) is 2. The summed E-state index contributed by atoms with van der Waals surface area (Å²) in [5.41, 5.74) is 1.63. The Morgan fingerprint density at radius 1 is 1.13 bits per heavy atom. The Bertz CT molecular complexity index is 1030. The summed E-state index contributed by atoms with van der Waals surface area (Å²) in [5.74, 6) is 0.940. The summed E-state index contributed by atoms with van der Waals surface area (Å²) in [5, 5.41) is 11.1. The highest BCUT2D eigenvalue weighted by atomic mass is 16.5. The number of ether oxygens (including phenoxy) is 1. The van der Waals surface area contributed by atoms with E-state index in [1.807, 2.05) is 68.4 Å². The van der Waals surface area contributed by atoms with Crippen molar-refractivity contribution in [3.8, 4) is 17.1 Å². The average molecular weight is 406 g/mol. The standard InChI is InChI=1S/C23H26N4O3/c1-3-14-30-19-11-7-10-18(15-19)22-25-23(29)20(26-27-22)12-13-21(28)24-16(2)17-8-5-4-6-9-17/h4-11,15-16H,3,12-14H2,1-2H3,(H,24,28)(H,25,27,29)/t16-/m1/s1. The molecule has 7 nitrogen and oxygen atoms in total. The van der Waals surface area contributed by atoms with Crippen LogP contribution in [0.2, 0.25) is 0 Å². The highest BCUT2D eigenvalue weighted by molar-refractivity contribution is 5.76. The summed E-state index contributed by atoms with van der Waals surface area (Å²) in [7, 11) is 0. The molecule has 1 heterocycles. The van der Waals surface area contributed by atoms with Crippen molar-refractivity contribution in [1.29, 1.82) is 0 Å². The van der Waals surface area contributed by atoms with Gasteiger partial charge in [0.05, 0.1) is 12.6 Å². The summed E-state index contributed by atoms with van der Waals surface area (Å²) in [4.78, 5) is 27.4. The van der Waals surface area contributed by atoms with Gasteiger partial charge in [-0.25, -0.2) is 0 Å². The minimum absolute atomic E-state index is 0.104. The van der Waals surface area contributed by atoms with Crippen molar-refractivity contribution in [1.82, 2.24) is 20.5 Å². The number of benzene rings is 2. The first-order valence-electron chi connectivity index (χ1n) is 10.1. The fourth-order valence-corrected chi connectivity index (χ4v) is 2.98. The molecule has 3 aromatic rings. The zero-order valence-corrected chi connectivity index (χ0v) is 17.2. The molecular formula is C23H26N4O3. The van der Waals surface area contributed by atoms with E-state index in [1.165, 1.54) is 0 Å². The summed E-state index contributed by atoms with van der Waals surface area (Å²) in [6, 6.07) is 16.9. The fraction of sp³-hybridized carbons (Fsp3) is 0.304. The Balaban J connectivity index is 1.60. The van der Waals surface area contributed by atoms with Gasteiger partial charge in [0.2, 0.25) is 5.91 Å². The van der Waals surface area contributed by atoms with Crippen LogP contribution in [0.4, 0.5) is 0 Å². The van der Waals surface area contributed by atoms with E-state index in [-0.39, 0.29) is 36.0 Å². The third-order valence-electron chi connectivity index (χ3n) is 4.61. The molecule has 0 spiro atoms. The van der Waals surface area contributed by atoms with Crippen LogP contribution in [0.1, 0.15) is 44.0 Å². The predicted octanol–water partition coefficient (Wildman–Crippen LogP) is 3.43. The second-order valence-corrected chi connectivity index (χ2v) is 7.03. The first kappa shape index (κ1) is 21.2. The summed E-state index contributed by atoms with van der Waals surface area (Å²) in [6.45, 7) is 4.58. The second-order valence-electron chi connectivity index (χ2n) is 7.03.